The molecule has 0 bridgehead atoms. The van der Waals surface area contributed by atoms with Gasteiger partial charge in [0.15, 0.2) is 0 Å². The molecule has 1 heteroatoms. The molecule has 12 heavy (non-hydrogen) atoms. The molecular formula is C11H7S. The van der Waals surface area contributed by atoms with Crippen molar-refractivity contribution in [1.82, 2.24) is 0 Å². The molecule has 0 unspecified atom stereocenters. The van der Waals surface area contributed by atoms with Gasteiger partial charge < -0.3 is 0 Å². The van der Waals surface area contributed by atoms with Crippen molar-refractivity contribution in [2.45, 2.75) is 6.42 Å². The molecule has 2 aromatic rings. The standard InChI is InChI=1S/C11H7S/c1-2-8-4-10-6-12-7-11(10)5-9(8)3-1/h1-2,4-6H,3H2. The second kappa shape index (κ2) is 2.20. The van der Waals surface area contributed by atoms with E-state index < -0.39 is 0 Å². The first-order valence-electron chi connectivity index (χ1n) is 4.02. The zero-order valence-corrected chi connectivity index (χ0v) is 7.32. The van der Waals surface area contributed by atoms with Gasteiger partial charge in [-0.25, -0.2) is 0 Å². The predicted octanol–water partition coefficient (Wildman–Crippen LogP) is 3.27. The highest BCUT2D eigenvalue weighted by Crippen LogP contribution is 2.27. The SMILES string of the molecule is [c]1scc2cc3c(cc12)CC=C3. The summed E-state index contributed by atoms with van der Waals surface area (Å²) in [6.07, 6.45) is 5.51. The molecular weight excluding hydrogens is 164 g/mol. The second-order valence-corrected chi connectivity index (χ2v) is 3.76. The third kappa shape index (κ3) is 0.772. The number of thiophene rings is 1. The van der Waals surface area contributed by atoms with Crippen molar-refractivity contribution in [3.63, 3.8) is 0 Å². The molecule has 1 heterocycles. The lowest BCUT2D eigenvalue weighted by molar-refractivity contribution is 1.33. The summed E-state index contributed by atoms with van der Waals surface area (Å²) in [6, 6.07) is 4.50. The number of rotatable bonds is 0. The van der Waals surface area contributed by atoms with Crippen LogP contribution in [0.25, 0.3) is 16.8 Å². The van der Waals surface area contributed by atoms with Crippen LogP contribution in [0.5, 0.6) is 0 Å². The molecule has 0 N–H and O–H groups in total. The van der Waals surface area contributed by atoms with Crippen LogP contribution in [0.2, 0.25) is 0 Å². The second-order valence-electron chi connectivity index (χ2n) is 3.08. The van der Waals surface area contributed by atoms with Crippen molar-refractivity contribution in [3.8, 4) is 0 Å². The number of allylic oxidation sites excluding steroid dienone is 1. The van der Waals surface area contributed by atoms with Gasteiger partial charge in [0.05, 0.1) is 5.38 Å². The molecule has 0 nitrogen and oxygen atoms in total. The number of fused-ring (bicyclic) bond motifs is 2. The smallest absolute Gasteiger partial charge is 0.0527 e. The van der Waals surface area contributed by atoms with E-state index in [0.717, 1.165) is 6.42 Å². The molecule has 0 amide bonds. The highest BCUT2D eigenvalue weighted by molar-refractivity contribution is 7.08. The van der Waals surface area contributed by atoms with E-state index >= 15 is 0 Å². The minimum absolute atomic E-state index is 1.09. The fourth-order valence-electron chi connectivity index (χ4n) is 1.67. The van der Waals surface area contributed by atoms with Gasteiger partial charge in [-0.1, -0.05) is 12.2 Å². The number of hydrogen-bond acceptors (Lipinski definition) is 1. The average molecular weight is 171 g/mol. The molecule has 0 aliphatic heterocycles. The van der Waals surface area contributed by atoms with Crippen molar-refractivity contribution in [2.24, 2.45) is 0 Å². The van der Waals surface area contributed by atoms with Crippen molar-refractivity contribution < 1.29 is 0 Å². The normalized spacial score (nSPS) is 14.0. The zero-order chi connectivity index (χ0) is 7.97. The van der Waals surface area contributed by atoms with Crippen LogP contribution in [-0.4, -0.2) is 0 Å². The summed E-state index contributed by atoms with van der Waals surface area (Å²) in [5.41, 5.74) is 2.83. The van der Waals surface area contributed by atoms with Crippen LogP contribution < -0.4 is 0 Å². The lowest BCUT2D eigenvalue weighted by Gasteiger charge is -1.97. The molecule has 1 aliphatic rings. The maximum atomic E-state index is 3.26. The van der Waals surface area contributed by atoms with Gasteiger partial charge in [0.1, 0.15) is 0 Å². The van der Waals surface area contributed by atoms with E-state index in [2.05, 4.69) is 35.0 Å². The lowest BCUT2D eigenvalue weighted by Crippen LogP contribution is -1.79. The first-order chi connectivity index (χ1) is 5.93. The summed E-state index contributed by atoms with van der Waals surface area (Å²) in [5, 5.41) is 8.01. The highest BCUT2D eigenvalue weighted by Gasteiger charge is 2.06. The van der Waals surface area contributed by atoms with E-state index in [9.17, 15) is 0 Å². The van der Waals surface area contributed by atoms with Crippen LogP contribution in [0.1, 0.15) is 11.1 Å². The van der Waals surface area contributed by atoms with Crippen LogP contribution in [0.3, 0.4) is 0 Å². The quantitative estimate of drug-likeness (QED) is 0.570. The predicted molar refractivity (Wildman–Crippen MR) is 53.4 cm³/mol. The van der Waals surface area contributed by atoms with Gasteiger partial charge in [-0.05, 0) is 40.4 Å². The van der Waals surface area contributed by atoms with E-state index in [0.29, 0.717) is 0 Å². The van der Waals surface area contributed by atoms with Gasteiger partial charge in [0.2, 0.25) is 0 Å². The maximum Gasteiger partial charge on any atom is 0.0527 e. The Hall–Kier alpha value is -1.08. The Morgan fingerprint density at radius 3 is 3.33 bits per heavy atom. The summed E-state index contributed by atoms with van der Waals surface area (Å²) in [5.74, 6) is 0. The Morgan fingerprint density at radius 2 is 2.33 bits per heavy atom. The average Bonchev–Trinajstić information content (AvgIpc) is 2.64. The van der Waals surface area contributed by atoms with Crippen LogP contribution >= 0.6 is 11.3 Å². The Kier molecular flexibility index (Phi) is 1.18. The third-order valence-corrected chi connectivity index (χ3v) is 3.01. The van der Waals surface area contributed by atoms with Gasteiger partial charge in [0.25, 0.3) is 0 Å². The molecule has 0 fully saturated rings. The molecule has 57 valence electrons. The lowest BCUT2D eigenvalue weighted by atomic mass is 10.1. The van der Waals surface area contributed by atoms with Gasteiger partial charge in [-0.15, -0.1) is 11.3 Å². The van der Waals surface area contributed by atoms with Gasteiger partial charge >= 0.3 is 0 Å². The third-order valence-electron chi connectivity index (χ3n) is 2.30. The molecule has 1 radical (unpaired) electrons. The highest BCUT2D eigenvalue weighted by atomic mass is 32.1. The van der Waals surface area contributed by atoms with E-state index in [4.69, 9.17) is 0 Å². The molecule has 0 saturated heterocycles. The Labute approximate surface area is 75.2 Å². The van der Waals surface area contributed by atoms with E-state index in [1.165, 1.54) is 21.9 Å². The largest absolute Gasteiger partial charge is 0.142 e. The maximum absolute atomic E-state index is 3.26. The van der Waals surface area contributed by atoms with Crippen LogP contribution in [0.4, 0.5) is 0 Å². The molecule has 0 saturated carbocycles. The Bertz CT molecular complexity index is 463. The molecule has 1 aromatic carbocycles. The van der Waals surface area contributed by atoms with Crippen molar-refractivity contribution in [1.29, 1.82) is 0 Å². The number of benzene rings is 1. The fraction of sp³-hybridized carbons (Fsp3) is 0.0909. The monoisotopic (exact) mass is 171 g/mol. The van der Waals surface area contributed by atoms with E-state index in [-0.39, 0.29) is 0 Å². The molecule has 0 spiro atoms. The van der Waals surface area contributed by atoms with E-state index in [1.54, 1.807) is 11.3 Å². The Morgan fingerprint density at radius 1 is 1.33 bits per heavy atom. The summed E-state index contributed by atoms with van der Waals surface area (Å²) >= 11 is 1.66. The summed E-state index contributed by atoms with van der Waals surface area (Å²) in [4.78, 5) is 0. The first-order valence-corrected chi connectivity index (χ1v) is 4.90. The van der Waals surface area contributed by atoms with E-state index in [1.807, 2.05) is 0 Å². The minimum atomic E-state index is 1.09. The summed E-state index contributed by atoms with van der Waals surface area (Å²) in [7, 11) is 0. The van der Waals surface area contributed by atoms with Crippen LogP contribution in [0, 0.1) is 5.38 Å². The fourth-order valence-corrected chi connectivity index (χ4v) is 2.35. The minimum Gasteiger partial charge on any atom is -0.142 e. The first kappa shape index (κ1) is 6.44. The van der Waals surface area contributed by atoms with Gasteiger partial charge in [-0.2, -0.15) is 0 Å². The summed E-state index contributed by atoms with van der Waals surface area (Å²) < 4.78 is 0. The van der Waals surface area contributed by atoms with Crippen molar-refractivity contribution >= 4 is 28.2 Å². The molecule has 3 rings (SSSR count). The zero-order valence-electron chi connectivity index (χ0n) is 6.50. The van der Waals surface area contributed by atoms with Gasteiger partial charge in [0, 0.05) is 5.39 Å². The Balaban J connectivity index is 2.43. The van der Waals surface area contributed by atoms with Crippen molar-refractivity contribution in [2.75, 3.05) is 0 Å². The van der Waals surface area contributed by atoms with Crippen LogP contribution in [0.15, 0.2) is 23.6 Å². The molecule has 1 aromatic heterocycles. The number of hydrogen-bond donors (Lipinski definition) is 0. The molecule has 0 atom stereocenters. The molecule has 1 aliphatic carbocycles. The topological polar surface area (TPSA) is 0 Å². The van der Waals surface area contributed by atoms with Crippen molar-refractivity contribution in [3.05, 3.63) is 40.1 Å². The summed E-state index contributed by atoms with van der Waals surface area (Å²) in [6.45, 7) is 0. The van der Waals surface area contributed by atoms with Gasteiger partial charge in [-0.3, -0.25) is 0 Å². The van der Waals surface area contributed by atoms with Crippen LogP contribution in [-0.2, 0) is 6.42 Å².